The molecule has 20 heavy (non-hydrogen) atoms. The standard InChI is InChI=1S/C13H18N2O5/c16-12(9-14-5-7-19-8-6-14)10-20-13-3-1-11(2-4-13)15(17)18/h1-4,12,16H,5-10H2. The third kappa shape index (κ3) is 4.44. The Balaban J connectivity index is 1.74. The van der Waals surface area contributed by atoms with Gasteiger partial charge in [-0.05, 0) is 12.1 Å². The summed E-state index contributed by atoms with van der Waals surface area (Å²) in [5.74, 6) is 0.511. The highest BCUT2D eigenvalue weighted by Gasteiger charge is 2.15. The summed E-state index contributed by atoms with van der Waals surface area (Å²) < 4.78 is 10.6. The van der Waals surface area contributed by atoms with Gasteiger partial charge in [0.15, 0.2) is 0 Å². The zero-order valence-electron chi connectivity index (χ0n) is 11.1. The van der Waals surface area contributed by atoms with Crippen LogP contribution in [0.25, 0.3) is 0 Å². The Bertz CT molecular complexity index is 431. The van der Waals surface area contributed by atoms with Crippen LogP contribution < -0.4 is 4.74 Å². The maximum atomic E-state index is 10.5. The van der Waals surface area contributed by atoms with Crippen LogP contribution >= 0.6 is 0 Å². The minimum Gasteiger partial charge on any atom is -0.491 e. The fourth-order valence-corrected chi connectivity index (χ4v) is 1.99. The normalized spacial score (nSPS) is 17.6. The highest BCUT2D eigenvalue weighted by Crippen LogP contribution is 2.17. The first-order valence-corrected chi connectivity index (χ1v) is 6.50. The number of non-ortho nitro benzene ring substituents is 1. The predicted molar refractivity (Wildman–Crippen MR) is 71.9 cm³/mol. The molecule has 2 rings (SSSR count). The van der Waals surface area contributed by atoms with Gasteiger partial charge in [-0.2, -0.15) is 0 Å². The van der Waals surface area contributed by atoms with Gasteiger partial charge < -0.3 is 14.6 Å². The molecule has 1 aromatic rings. The van der Waals surface area contributed by atoms with Crippen LogP contribution in [0.3, 0.4) is 0 Å². The van der Waals surface area contributed by atoms with Gasteiger partial charge in [0.1, 0.15) is 18.5 Å². The van der Waals surface area contributed by atoms with E-state index in [1.807, 2.05) is 0 Å². The molecule has 0 aliphatic carbocycles. The van der Waals surface area contributed by atoms with Crippen LogP contribution in [0.2, 0.25) is 0 Å². The van der Waals surface area contributed by atoms with Gasteiger partial charge in [0.25, 0.3) is 5.69 Å². The smallest absolute Gasteiger partial charge is 0.269 e. The van der Waals surface area contributed by atoms with Crippen LogP contribution in [0.1, 0.15) is 0 Å². The van der Waals surface area contributed by atoms with Gasteiger partial charge >= 0.3 is 0 Å². The lowest BCUT2D eigenvalue weighted by molar-refractivity contribution is -0.384. The molecule has 7 nitrogen and oxygen atoms in total. The summed E-state index contributed by atoms with van der Waals surface area (Å²) in [6.45, 7) is 3.71. The van der Waals surface area contributed by atoms with Gasteiger partial charge in [0.2, 0.25) is 0 Å². The second-order valence-electron chi connectivity index (χ2n) is 4.63. The van der Waals surface area contributed by atoms with Crippen molar-refractivity contribution in [3.63, 3.8) is 0 Å². The molecule has 0 aromatic heterocycles. The number of β-amino-alcohol motifs (C(OH)–C–C–N with tert-alkyl or cyclic N) is 1. The summed E-state index contributed by atoms with van der Waals surface area (Å²) in [5, 5.41) is 20.4. The molecular weight excluding hydrogens is 264 g/mol. The molecule has 1 aliphatic heterocycles. The quantitative estimate of drug-likeness (QED) is 0.609. The number of nitro benzene ring substituents is 1. The highest BCUT2D eigenvalue weighted by atomic mass is 16.6. The second-order valence-corrected chi connectivity index (χ2v) is 4.63. The van der Waals surface area contributed by atoms with Crippen molar-refractivity contribution in [2.45, 2.75) is 6.10 Å². The molecule has 1 heterocycles. The van der Waals surface area contributed by atoms with E-state index >= 15 is 0 Å². The Kier molecular flexibility index (Phi) is 5.28. The monoisotopic (exact) mass is 282 g/mol. The molecule has 1 N–H and O–H groups in total. The van der Waals surface area contributed by atoms with Crippen molar-refractivity contribution in [2.75, 3.05) is 39.5 Å². The largest absolute Gasteiger partial charge is 0.491 e. The molecule has 0 radical (unpaired) electrons. The van der Waals surface area contributed by atoms with Crippen molar-refractivity contribution in [1.82, 2.24) is 4.90 Å². The summed E-state index contributed by atoms with van der Waals surface area (Å²) in [4.78, 5) is 12.2. The summed E-state index contributed by atoms with van der Waals surface area (Å²) in [6.07, 6.45) is -0.594. The maximum Gasteiger partial charge on any atom is 0.269 e. The number of ether oxygens (including phenoxy) is 2. The average Bonchev–Trinajstić information content (AvgIpc) is 2.46. The Morgan fingerprint density at radius 2 is 2.00 bits per heavy atom. The summed E-state index contributed by atoms with van der Waals surface area (Å²) in [5.41, 5.74) is 0.0196. The first kappa shape index (κ1) is 14.7. The molecule has 1 fully saturated rings. The predicted octanol–water partition coefficient (Wildman–Crippen LogP) is 0.667. The van der Waals surface area contributed by atoms with Crippen molar-refractivity contribution < 1.29 is 19.5 Å². The number of hydrogen-bond donors (Lipinski definition) is 1. The minimum atomic E-state index is -0.594. The third-order valence-electron chi connectivity index (χ3n) is 3.06. The Labute approximate surface area is 116 Å². The van der Waals surface area contributed by atoms with Crippen LogP contribution in [0.5, 0.6) is 5.75 Å². The molecule has 0 saturated carbocycles. The number of aliphatic hydroxyl groups excluding tert-OH is 1. The molecule has 0 bridgehead atoms. The molecular formula is C13H18N2O5. The van der Waals surface area contributed by atoms with E-state index in [4.69, 9.17) is 9.47 Å². The van der Waals surface area contributed by atoms with E-state index in [1.54, 1.807) is 0 Å². The van der Waals surface area contributed by atoms with Gasteiger partial charge in [-0.25, -0.2) is 0 Å². The highest BCUT2D eigenvalue weighted by molar-refractivity contribution is 5.35. The topological polar surface area (TPSA) is 85.1 Å². The van der Waals surface area contributed by atoms with Crippen LogP contribution in [0.4, 0.5) is 5.69 Å². The lowest BCUT2D eigenvalue weighted by Gasteiger charge is -2.28. The van der Waals surface area contributed by atoms with Crippen molar-refractivity contribution in [3.8, 4) is 5.75 Å². The third-order valence-corrected chi connectivity index (χ3v) is 3.06. The first-order chi connectivity index (χ1) is 9.65. The lowest BCUT2D eigenvalue weighted by Crippen LogP contribution is -2.42. The molecule has 1 atom stereocenters. The van der Waals surface area contributed by atoms with E-state index in [1.165, 1.54) is 24.3 Å². The number of nitro groups is 1. The Morgan fingerprint density at radius 3 is 2.60 bits per heavy atom. The van der Waals surface area contributed by atoms with Gasteiger partial charge in [-0.15, -0.1) is 0 Å². The van der Waals surface area contributed by atoms with Crippen LogP contribution in [-0.2, 0) is 4.74 Å². The van der Waals surface area contributed by atoms with Crippen LogP contribution in [0.15, 0.2) is 24.3 Å². The van der Waals surface area contributed by atoms with Crippen LogP contribution in [-0.4, -0.2) is 60.5 Å². The van der Waals surface area contributed by atoms with E-state index in [-0.39, 0.29) is 12.3 Å². The first-order valence-electron chi connectivity index (χ1n) is 6.50. The summed E-state index contributed by atoms with van der Waals surface area (Å²) in [6, 6.07) is 5.81. The molecule has 1 aromatic carbocycles. The molecule has 0 spiro atoms. The average molecular weight is 282 g/mol. The molecule has 1 saturated heterocycles. The number of benzene rings is 1. The molecule has 1 unspecified atom stereocenters. The van der Waals surface area contributed by atoms with Crippen molar-refractivity contribution >= 4 is 5.69 Å². The van der Waals surface area contributed by atoms with E-state index < -0.39 is 11.0 Å². The fraction of sp³-hybridized carbons (Fsp3) is 0.538. The SMILES string of the molecule is O=[N+]([O-])c1ccc(OCC(O)CN2CCOCC2)cc1. The lowest BCUT2D eigenvalue weighted by atomic mass is 10.3. The number of rotatable bonds is 6. The zero-order chi connectivity index (χ0) is 14.4. The number of hydrogen-bond acceptors (Lipinski definition) is 6. The summed E-state index contributed by atoms with van der Waals surface area (Å²) in [7, 11) is 0. The number of nitrogens with zero attached hydrogens (tertiary/aromatic N) is 2. The Hall–Kier alpha value is -1.70. The Morgan fingerprint density at radius 1 is 1.35 bits per heavy atom. The molecule has 110 valence electrons. The van der Waals surface area contributed by atoms with Crippen molar-refractivity contribution in [3.05, 3.63) is 34.4 Å². The van der Waals surface area contributed by atoms with Gasteiger partial charge in [-0.3, -0.25) is 15.0 Å². The van der Waals surface area contributed by atoms with E-state index in [0.29, 0.717) is 25.5 Å². The van der Waals surface area contributed by atoms with Gasteiger partial charge in [0.05, 0.1) is 18.1 Å². The zero-order valence-corrected chi connectivity index (χ0v) is 11.1. The minimum absolute atomic E-state index is 0.0196. The molecule has 1 aliphatic rings. The van der Waals surface area contributed by atoms with Crippen molar-refractivity contribution in [2.24, 2.45) is 0 Å². The second kappa shape index (κ2) is 7.18. The molecule has 0 amide bonds. The van der Waals surface area contributed by atoms with Crippen LogP contribution in [0, 0.1) is 10.1 Å². The van der Waals surface area contributed by atoms with Gasteiger partial charge in [-0.1, -0.05) is 0 Å². The van der Waals surface area contributed by atoms with E-state index in [0.717, 1.165) is 13.1 Å². The van der Waals surface area contributed by atoms with E-state index in [2.05, 4.69) is 4.90 Å². The van der Waals surface area contributed by atoms with Crippen molar-refractivity contribution in [1.29, 1.82) is 0 Å². The summed E-state index contributed by atoms with van der Waals surface area (Å²) >= 11 is 0. The molecule has 7 heteroatoms. The van der Waals surface area contributed by atoms with Gasteiger partial charge in [0, 0.05) is 31.8 Å². The maximum absolute atomic E-state index is 10.5. The van der Waals surface area contributed by atoms with E-state index in [9.17, 15) is 15.2 Å². The number of morpholine rings is 1. The number of aliphatic hydroxyl groups is 1. The fourth-order valence-electron chi connectivity index (χ4n) is 1.99.